The van der Waals surface area contributed by atoms with Crippen molar-refractivity contribution in [2.24, 2.45) is 0 Å². The number of esters is 1. The monoisotopic (exact) mass is 250 g/mol. The Hall–Kier alpha value is -1.33. The first-order valence-electron chi connectivity index (χ1n) is 4.26. The number of carboxylic acid groups (broad SMARTS) is 1. The predicted octanol–water partition coefficient (Wildman–Crippen LogP) is 1.31. The lowest BCUT2D eigenvalue weighted by atomic mass is 10.4. The topological polar surface area (TPSA) is 83.8 Å². The lowest BCUT2D eigenvalue weighted by Crippen LogP contribution is -2.22. The summed E-state index contributed by atoms with van der Waals surface area (Å²) in [6, 6.07) is 0. The van der Waals surface area contributed by atoms with Crippen LogP contribution in [0.5, 0.6) is 0 Å². The Balaban J connectivity index is 0. The molecule has 0 aliphatic rings. The van der Waals surface area contributed by atoms with E-state index in [1.54, 1.807) is 0 Å². The van der Waals surface area contributed by atoms with Crippen LogP contribution in [0.1, 0.15) is 13.8 Å². The number of halogens is 1. The molecule has 2 N–H and O–H groups in total. The molecule has 92 valence electrons. The van der Waals surface area contributed by atoms with E-state index in [0.717, 1.165) is 6.08 Å². The van der Waals surface area contributed by atoms with Crippen molar-refractivity contribution in [1.82, 2.24) is 0 Å². The molecule has 0 aromatic rings. The minimum atomic E-state index is -0.995. The van der Waals surface area contributed by atoms with Crippen LogP contribution in [0.25, 0.3) is 0 Å². The lowest BCUT2D eigenvalue weighted by molar-refractivity contribution is -0.142. The van der Waals surface area contributed by atoms with Crippen molar-refractivity contribution in [2.75, 3.05) is 0 Å². The highest BCUT2D eigenvalue weighted by Crippen LogP contribution is 2.04. The maximum Gasteiger partial charge on any atom is 0.331 e. The Labute approximate surface area is 99.0 Å². The SMILES string of the molecule is C=C(C)C(=O)O.C=CC(=O)OC(Cl)C(C)O. The van der Waals surface area contributed by atoms with E-state index in [9.17, 15) is 9.59 Å². The first-order chi connectivity index (χ1) is 7.22. The molecule has 0 aromatic carbocycles. The fourth-order valence-electron chi connectivity index (χ4n) is 0.258. The van der Waals surface area contributed by atoms with E-state index in [2.05, 4.69) is 17.9 Å². The highest BCUT2D eigenvalue weighted by Gasteiger charge is 2.13. The van der Waals surface area contributed by atoms with Crippen LogP contribution >= 0.6 is 11.6 Å². The third-order valence-electron chi connectivity index (χ3n) is 1.14. The van der Waals surface area contributed by atoms with Gasteiger partial charge in [0.25, 0.3) is 0 Å². The van der Waals surface area contributed by atoms with Gasteiger partial charge in [0.15, 0.2) is 0 Å². The number of rotatable bonds is 4. The van der Waals surface area contributed by atoms with E-state index in [1.165, 1.54) is 13.8 Å². The van der Waals surface area contributed by atoms with E-state index in [1.807, 2.05) is 0 Å². The molecular formula is C10H15ClO5. The third-order valence-corrected chi connectivity index (χ3v) is 1.59. The highest BCUT2D eigenvalue weighted by molar-refractivity contribution is 6.20. The van der Waals surface area contributed by atoms with Gasteiger partial charge in [-0.25, -0.2) is 9.59 Å². The predicted molar refractivity (Wildman–Crippen MR) is 60.1 cm³/mol. The number of aliphatic carboxylic acids is 1. The largest absolute Gasteiger partial charge is 0.478 e. The smallest absolute Gasteiger partial charge is 0.331 e. The zero-order valence-corrected chi connectivity index (χ0v) is 9.90. The Morgan fingerprint density at radius 2 is 1.88 bits per heavy atom. The minimum Gasteiger partial charge on any atom is -0.478 e. The van der Waals surface area contributed by atoms with Gasteiger partial charge in [-0.1, -0.05) is 24.8 Å². The number of carbonyl (C=O) groups is 2. The molecule has 0 bridgehead atoms. The molecule has 0 amide bonds. The second kappa shape index (κ2) is 8.94. The van der Waals surface area contributed by atoms with E-state index in [0.29, 0.717) is 0 Å². The van der Waals surface area contributed by atoms with Gasteiger partial charge in [-0.2, -0.15) is 0 Å². The van der Waals surface area contributed by atoms with Crippen LogP contribution in [0.3, 0.4) is 0 Å². The van der Waals surface area contributed by atoms with Gasteiger partial charge in [0, 0.05) is 11.6 Å². The zero-order valence-electron chi connectivity index (χ0n) is 9.14. The van der Waals surface area contributed by atoms with Crippen LogP contribution in [-0.4, -0.2) is 33.8 Å². The van der Waals surface area contributed by atoms with Gasteiger partial charge in [-0.3, -0.25) is 0 Å². The second-order valence-electron chi connectivity index (χ2n) is 2.82. The Kier molecular flexibility index (Phi) is 9.54. The highest BCUT2D eigenvalue weighted by atomic mass is 35.5. The summed E-state index contributed by atoms with van der Waals surface area (Å²) in [6.45, 7) is 9.18. The van der Waals surface area contributed by atoms with Crippen LogP contribution in [0.15, 0.2) is 24.8 Å². The number of carbonyl (C=O) groups excluding carboxylic acids is 1. The summed E-state index contributed by atoms with van der Waals surface area (Å²) in [5.74, 6) is -1.57. The summed E-state index contributed by atoms with van der Waals surface area (Å²) in [6.07, 6.45) is 0.114. The molecule has 16 heavy (non-hydrogen) atoms. The quantitative estimate of drug-likeness (QED) is 0.446. The van der Waals surface area contributed by atoms with Gasteiger partial charge in [-0.15, -0.1) is 0 Å². The van der Waals surface area contributed by atoms with Gasteiger partial charge in [0.2, 0.25) is 5.56 Å². The molecule has 0 saturated heterocycles. The Morgan fingerprint density at radius 1 is 1.50 bits per heavy atom. The molecule has 0 radical (unpaired) electrons. The first-order valence-corrected chi connectivity index (χ1v) is 4.70. The molecule has 0 aromatic heterocycles. The number of aliphatic hydroxyl groups excluding tert-OH is 1. The summed E-state index contributed by atoms with van der Waals surface area (Å²) >= 11 is 5.35. The Morgan fingerprint density at radius 3 is 2.06 bits per heavy atom. The number of hydrogen-bond donors (Lipinski definition) is 2. The maximum absolute atomic E-state index is 10.4. The normalized spacial score (nSPS) is 12.5. The van der Waals surface area contributed by atoms with Gasteiger partial charge < -0.3 is 14.9 Å². The van der Waals surface area contributed by atoms with Crippen molar-refractivity contribution in [3.05, 3.63) is 24.8 Å². The standard InChI is InChI=1S/C6H9ClO3.C4H6O2/c1-3-5(9)10-6(7)4(2)8;1-3(2)4(5)6/h3-4,6,8H,1H2,2H3;1H2,2H3,(H,5,6). The average molecular weight is 251 g/mol. The first kappa shape index (κ1) is 17.1. The zero-order chi connectivity index (χ0) is 13.3. The van der Waals surface area contributed by atoms with Crippen molar-refractivity contribution < 1.29 is 24.5 Å². The molecule has 0 rings (SSSR count). The van der Waals surface area contributed by atoms with Crippen molar-refractivity contribution in [2.45, 2.75) is 25.5 Å². The molecule has 2 unspecified atom stereocenters. The number of ether oxygens (including phenoxy) is 1. The molecule has 0 aliphatic heterocycles. The molecule has 0 fully saturated rings. The molecule has 2 atom stereocenters. The fraction of sp³-hybridized carbons (Fsp3) is 0.400. The molecule has 6 heteroatoms. The number of aliphatic hydroxyl groups is 1. The summed E-state index contributed by atoms with van der Waals surface area (Å²) in [5, 5.41) is 16.6. The van der Waals surface area contributed by atoms with Crippen LogP contribution < -0.4 is 0 Å². The van der Waals surface area contributed by atoms with Crippen LogP contribution in [0.2, 0.25) is 0 Å². The van der Waals surface area contributed by atoms with Crippen LogP contribution in [0, 0.1) is 0 Å². The number of hydrogen-bond acceptors (Lipinski definition) is 4. The van der Waals surface area contributed by atoms with Crippen LogP contribution in [0.4, 0.5) is 0 Å². The average Bonchev–Trinajstić information content (AvgIpc) is 2.18. The fourth-order valence-corrected chi connectivity index (χ4v) is 0.345. The van der Waals surface area contributed by atoms with Crippen molar-refractivity contribution in [3.63, 3.8) is 0 Å². The van der Waals surface area contributed by atoms with Crippen molar-refractivity contribution in [3.8, 4) is 0 Å². The summed E-state index contributed by atoms with van der Waals surface area (Å²) in [4.78, 5) is 20.0. The number of alkyl halides is 1. The summed E-state index contributed by atoms with van der Waals surface area (Å²) in [5.41, 5.74) is -0.819. The van der Waals surface area contributed by atoms with Crippen molar-refractivity contribution >= 4 is 23.5 Å². The molecule has 0 saturated carbocycles. The van der Waals surface area contributed by atoms with Gasteiger partial charge >= 0.3 is 11.9 Å². The van der Waals surface area contributed by atoms with E-state index >= 15 is 0 Å². The van der Waals surface area contributed by atoms with E-state index in [-0.39, 0.29) is 5.57 Å². The van der Waals surface area contributed by atoms with Crippen molar-refractivity contribution in [1.29, 1.82) is 0 Å². The summed E-state index contributed by atoms with van der Waals surface area (Å²) < 4.78 is 4.42. The van der Waals surface area contributed by atoms with Gasteiger partial charge in [-0.05, 0) is 13.8 Å². The second-order valence-corrected chi connectivity index (χ2v) is 3.25. The molecular weight excluding hydrogens is 236 g/mol. The Bertz CT molecular complexity index is 260. The third kappa shape index (κ3) is 10.7. The molecule has 0 aliphatic carbocycles. The molecule has 5 nitrogen and oxygen atoms in total. The maximum atomic E-state index is 10.4. The van der Waals surface area contributed by atoms with Crippen LogP contribution in [-0.2, 0) is 14.3 Å². The van der Waals surface area contributed by atoms with E-state index in [4.69, 9.17) is 21.8 Å². The number of carboxylic acids is 1. The molecule has 0 spiro atoms. The minimum absolute atomic E-state index is 0.176. The lowest BCUT2D eigenvalue weighted by Gasteiger charge is -2.11. The van der Waals surface area contributed by atoms with Gasteiger partial charge in [0.05, 0.1) is 0 Å². The molecule has 0 heterocycles. The summed E-state index contributed by atoms with van der Waals surface area (Å²) in [7, 11) is 0. The van der Waals surface area contributed by atoms with E-state index < -0.39 is 23.6 Å². The van der Waals surface area contributed by atoms with Gasteiger partial charge in [0.1, 0.15) is 6.10 Å².